The number of halogens is 3. The molecule has 0 bridgehead atoms. The first-order valence-electron chi connectivity index (χ1n) is 8.62. The van der Waals surface area contributed by atoms with E-state index in [1.807, 2.05) is 35.6 Å². The fourth-order valence-corrected chi connectivity index (χ4v) is 3.69. The van der Waals surface area contributed by atoms with Gasteiger partial charge in [-0.3, -0.25) is 9.59 Å². The lowest BCUT2D eigenvalue weighted by Gasteiger charge is -2.09. The number of hydrogen-bond acceptors (Lipinski definition) is 4. The summed E-state index contributed by atoms with van der Waals surface area (Å²) in [5.74, 6) is -7.54. The van der Waals surface area contributed by atoms with Gasteiger partial charge in [0.15, 0.2) is 27.3 Å². The van der Waals surface area contributed by atoms with Crippen LogP contribution in [0.15, 0.2) is 42.5 Å². The van der Waals surface area contributed by atoms with Crippen LogP contribution in [0.1, 0.15) is 12.0 Å². The molecule has 0 aromatic heterocycles. The van der Waals surface area contributed by atoms with Crippen molar-refractivity contribution in [2.45, 2.75) is 12.8 Å². The lowest BCUT2D eigenvalue weighted by molar-refractivity contribution is -0.122. The lowest BCUT2D eigenvalue weighted by Crippen LogP contribution is -2.37. The number of sulfone groups is 1. The monoisotopic (exact) mass is 428 g/mol. The Morgan fingerprint density at radius 2 is 1.59 bits per heavy atom. The first kappa shape index (κ1) is 22.4. The molecule has 0 unspecified atom stereocenters. The molecule has 2 N–H and O–H groups in total. The van der Waals surface area contributed by atoms with E-state index in [2.05, 4.69) is 5.32 Å². The molecule has 0 saturated heterocycles. The van der Waals surface area contributed by atoms with Crippen LogP contribution in [-0.4, -0.2) is 38.3 Å². The Balaban J connectivity index is 1.76. The first-order valence-corrected chi connectivity index (χ1v) is 10.4. The van der Waals surface area contributed by atoms with Crippen molar-refractivity contribution < 1.29 is 31.2 Å². The molecule has 2 amide bonds. The second kappa shape index (κ2) is 10.1. The van der Waals surface area contributed by atoms with Crippen LogP contribution >= 0.6 is 0 Å². The Kier molecular flexibility index (Phi) is 7.77. The molecule has 0 radical (unpaired) electrons. The van der Waals surface area contributed by atoms with Crippen molar-refractivity contribution >= 4 is 27.3 Å². The third-order valence-electron chi connectivity index (χ3n) is 3.87. The molecule has 29 heavy (non-hydrogen) atoms. The summed E-state index contributed by atoms with van der Waals surface area (Å²) in [6, 6.07) is 10.7. The van der Waals surface area contributed by atoms with Crippen LogP contribution in [0.2, 0.25) is 0 Å². The highest BCUT2D eigenvalue weighted by atomic mass is 32.2. The highest BCUT2D eigenvalue weighted by Gasteiger charge is 2.18. The number of aryl methyl sites for hydroxylation is 1. The molecule has 0 aliphatic heterocycles. The number of rotatable bonds is 9. The van der Waals surface area contributed by atoms with Gasteiger partial charge in [0.2, 0.25) is 11.8 Å². The van der Waals surface area contributed by atoms with E-state index in [0.29, 0.717) is 18.9 Å². The van der Waals surface area contributed by atoms with Crippen LogP contribution < -0.4 is 10.6 Å². The van der Waals surface area contributed by atoms with Gasteiger partial charge in [-0.25, -0.2) is 21.6 Å². The van der Waals surface area contributed by atoms with Gasteiger partial charge in [-0.2, -0.15) is 0 Å². The summed E-state index contributed by atoms with van der Waals surface area (Å²) in [4.78, 5) is 23.5. The highest BCUT2D eigenvalue weighted by Crippen LogP contribution is 2.19. The summed E-state index contributed by atoms with van der Waals surface area (Å²) in [6.45, 7) is -0.656. The van der Waals surface area contributed by atoms with Gasteiger partial charge < -0.3 is 10.6 Å². The Bertz CT molecular complexity index is 982. The number of anilines is 1. The van der Waals surface area contributed by atoms with E-state index < -0.39 is 57.1 Å². The molecule has 2 aromatic carbocycles. The first-order chi connectivity index (χ1) is 13.7. The minimum atomic E-state index is -3.67. The second-order valence-electron chi connectivity index (χ2n) is 6.23. The van der Waals surface area contributed by atoms with Crippen LogP contribution in [0, 0.1) is 17.5 Å². The molecule has 0 aliphatic carbocycles. The minimum absolute atomic E-state index is 0.193. The molecule has 0 aliphatic rings. The Labute approximate surface area is 166 Å². The molecular formula is C19H19F3N2O4S. The van der Waals surface area contributed by atoms with Gasteiger partial charge in [0.1, 0.15) is 5.75 Å². The molecule has 156 valence electrons. The van der Waals surface area contributed by atoms with Gasteiger partial charge in [-0.1, -0.05) is 30.3 Å². The summed E-state index contributed by atoms with van der Waals surface area (Å²) >= 11 is 0. The smallest absolute Gasteiger partial charge is 0.243 e. The van der Waals surface area contributed by atoms with E-state index in [-0.39, 0.29) is 5.75 Å². The second-order valence-corrected chi connectivity index (χ2v) is 8.41. The predicted molar refractivity (Wildman–Crippen MR) is 101 cm³/mol. The van der Waals surface area contributed by atoms with Gasteiger partial charge in [0.25, 0.3) is 0 Å². The van der Waals surface area contributed by atoms with Crippen molar-refractivity contribution in [1.29, 1.82) is 0 Å². The molecule has 0 fully saturated rings. The number of nitrogens with one attached hydrogen (secondary N) is 2. The molecule has 10 heteroatoms. The predicted octanol–water partition coefficient (Wildman–Crippen LogP) is 2.21. The summed E-state index contributed by atoms with van der Waals surface area (Å²) in [5.41, 5.74) is 0.380. The molecule has 0 atom stereocenters. The SMILES string of the molecule is O=C(CS(=O)(=O)CCCc1ccccc1)NCC(=O)Nc1ccc(F)c(F)c1F. The summed E-state index contributed by atoms with van der Waals surface area (Å²) in [5, 5.41) is 4.06. The van der Waals surface area contributed by atoms with Crippen molar-refractivity contribution in [2.24, 2.45) is 0 Å². The molecule has 0 heterocycles. The summed E-state index contributed by atoms with van der Waals surface area (Å²) in [6.07, 6.45) is 0.888. The summed E-state index contributed by atoms with van der Waals surface area (Å²) in [7, 11) is -3.67. The van der Waals surface area contributed by atoms with E-state index >= 15 is 0 Å². The molecule has 0 spiro atoms. The summed E-state index contributed by atoms with van der Waals surface area (Å²) < 4.78 is 63.4. The highest BCUT2D eigenvalue weighted by molar-refractivity contribution is 7.92. The molecule has 2 rings (SSSR count). The van der Waals surface area contributed by atoms with Gasteiger partial charge in [0, 0.05) is 0 Å². The fourth-order valence-electron chi connectivity index (χ4n) is 2.46. The molecular weight excluding hydrogens is 409 g/mol. The number of benzene rings is 2. The van der Waals surface area contributed by atoms with E-state index in [9.17, 15) is 31.2 Å². The fraction of sp³-hybridized carbons (Fsp3) is 0.263. The number of carbonyl (C=O) groups excluding carboxylic acids is 2. The standard InChI is InChI=1S/C19H19F3N2O4S/c20-14-8-9-15(19(22)18(14)21)24-16(25)11-23-17(26)12-29(27,28)10-4-7-13-5-2-1-3-6-13/h1-3,5-6,8-9H,4,7,10-12H2,(H,23,26)(H,24,25). The maximum atomic E-state index is 13.5. The minimum Gasteiger partial charge on any atom is -0.346 e. The number of hydrogen-bond donors (Lipinski definition) is 2. The van der Waals surface area contributed by atoms with Gasteiger partial charge in [0.05, 0.1) is 18.0 Å². The lowest BCUT2D eigenvalue weighted by atomic mass is 10.1. The van der Waals surface area contributed by atoms with Crippen LogP contribution in [0.4, 0.5) is 18.9 Å². The van der Waals surface area contributed by atoms with Crippen molar-refractivity contribution in [3.05, 3.63) is 65.5 Å². The Hall–Kier alpha value is -2.88. The van der Waals surface area contributed by atoms with Crippen molar-refractivity contribution in [3.63, 3.8) is 0 Å². The van der Waals surface area contributed by atoms with Crippen LogP contribution in [-0.2, 0) is 25.8 Å². The average molecular weight is 428 g/mol. The zero-order chi connectivity index (χ0) is 21.4. The zero-order valence-corrected chi connectivity index (χ0v) is 16.1. The number of amides is 2. The van der Waals surface area contributed by atoms with Gasteiger partial charge in [-0.05, 0) is 30.5 Å². The van der Waals surface area contributed by atoms with Crippen molar-refractivity contribution in [1.82, 2.24) is 5.32 Å². The number of carbonyl (C=O) groups is 2. The zero-order valence-electron chi connectivity index (χ0n) is 15.3. The van der Waals surface area contributed by atoms with E-state index in [1.54, 1.807) is 0 Å². The molecule has 6 nitrogen and oxygen atoms in total. The maximum absolute atomic E-state index is 13.5. The molecule has 2 aromatic rings. The Morgan fingerprint density at radius 1 is 0.897 bits per heavy atom. The van der Waals surface area contributed by atoms with Gasteiger partial charge >= 0.3 is 0 Å². The normalized spacial score (nSPS) is 11.1. The topological polar surface area (TPSA) is 92.3 Å². The van der Waals surface area contributed by atoms with E-state index in [0.717, 1.165) is 11.6 Å². The van der Waals surface area contributed by atoms with E-state index in [4.69, 9.17) is 0 Å². The Morgan fingerprint density at radius 3 is 2.28 bits per heavy atom. The van der Waals surface area contributed by atoms with Crippen LogP contribution in [0.5, 0.6) is 0 Å². The quantitative estimate of drug-likeness (QED) is 0.599. The van der Waals surface area contributed by atoms with Crippen molar-refractivity contribution in [3.8, 4) is 0 Å². The molecule has 0 saturated carbocycles. The third-order valence-corrected chi connectivity index (χ3v) is 5.48. The third kappa shape index (κ3) is 7.22. The average Bonchev–Trinajstić information content (AvgIpc) is 2.67. The van der Waals surface area contributed by atoms with Crippen LogP contribution in [0.3, 0.4) is 0 Å². The van der Waals surface area contributed by atoms with Gasteiger partial charge in [-0.15, -0.1) is 0 Å². The maximum Gasteiger partial charge on any atom is 0.243 e. The van der Waals surface area contributed by atoms with E-state index in [1.165, 1.54) is 0 Å². The largest absolute Gasteiger partial charge is 0.346 e. The van der Waals surface area contributed by atoms with Crippen molar-refractivity contribution in [2.75, 3.05) is 23.4 Å². The van der Waals surface area contributed by atoms with Crippen LogP contribution in [0.25, 0.3) is 0 Å².